The predicted octanol–water partition coefficient (Wildman–Crippen LogP) is 2.41. The molecule has 0 spiro atoms. The van der Waals surface area contributed by atoms with Gasteiger partial charge in [0.2, 0.25) is 5.91 Å². The molecule has 0 aliphatic carbocycles. The van der Waals surface area contributed by atoms with Gasteiger partial charge in [-0.2, -0.15) is 0 Å². The molecule has 1 aromatic carbocycles. The summed E-state index contributed by atoms with van der Waals surface area (Å²) in [6.45, 7) is 4.02. The van der Waals surface area contributed by atoms with Crippen LogP contribution in [-0.2, 0) is 4.79 Å². The smallest absolute Gasteiger partial charge is 0.244 e. The molecule has 2 aliphatic rings. The van der Waals surface area contributed by atoms with E-state index in [2.05, 4.69) is 4.90 Å². The van der Waals surface area contributed by atoms with E-state index in [1.54, 1.807) is 23.1 Å². The Morgan fingerprint density at radius 1 is 1.22 bits per heavy atom. The number of nitrogens with zero attached hydrogens (tertiary/aromatic N) is 2. The number of aliphatic hydroxyl groups is 1. The minimum atomic E-state index is -0.348. The first-order chi connectivity index (χ1) is 11.1. The number of anilines is 1. The topological polar surface area (TPSA) is 43.8 Å². The minimum absolute atomic E-state index is 0.00686. The fourth-order valence-electron chi connectivity index (χ4n) is 3.82. The minimum Gasteiger partial charge on any atom is -0.393 e. The number of halogens is 1. The molecule has 1 aromatic rings. The van der Waals surface area contributed by atoms with Crippen LogP contribution in [0.4, 0.5) is 10.1 Å². The molecule has 23 heavy (non-hydrogen) atoms. The van der Waals surface area contributed by atoms with E-state index in [0.29, 0.717) is 12.2 Å². The van der Waals surface area contributed by atoms with Crippen molar-refractivity contribution in [1.82, 2.24) is 4.90 Å². The zero-order valence-electron chi connectivity index (χ0n) is 13.6. The van der Waals surface area contributed by atoms with Crippen LogP contribution in [0.2, 0.25) is 0 Å². The van der Waals surface area contributed by atoms with Crippen LogP contribution >= 0.6 is 0 Å². The Kier molecular flexibility index (Phi) is 4.97. The second-order valence-corrected chi connectivity index (χ2v) is 6.74. The number of rotatable bonds is 3. The van der Waals surface area contributed by atoms with Crippen molar-refractivity contribution < 1.29 is 14.3 Å². The standard InChI is InChI=1S/C18H25FN2O2/c1-13(22)14-6-4-10-20(12-14)17-9-5-11-21(18(17)23)16-8-3-2-7-15(16)19/h2-3,7-8,13-14,17,22H,4-6,9-12H2,1H3. The third-order valence-corrected chi connectivity index (χ3v) is 5.17. The second-order valence-electron chi connectivity index (χ2n) is 6.74. The van der Waals surface area contributed by atoms with E-state index in [0.717, 1.165) is 38.8 Å². The number of aliphatic hydroxyl groups excluding tert-OH is 1. The van der Waals surface area contributed by atoms with Crippen molar-refractivity contribution in [2.45, 2.75) is 44.8 Å². The van der Waals surface area contributed by atoms with Crippen LogP contribution in [0.1, 0.15) is 32.6 Å². The van der Waals surface area contributed by atoms with Crippen LogP contribution in [0.5, 0.6) is 0 Å². The second kappa shape index (κ2) is 6.97. The monoisotopic (exact) mass is 320 g/mol. The van der Waals surface area contributed by atoms with Gasteiger partial charge in [-0.05, 0) is 57.2 Å². The third kappa shape index (κ3) is 3.40. The molecule has 126 valence electrons. The van der Waals surface area contributed by atoms with E-state index in [1.807, 2.05) is 6.92 Å². The molecule has 2 fully saturated rings. The first-order valence-corrected chi connectivity index (χ1v) is 8.56. The van der Waals surface area contributed by atoms with Crippen molar-refractivity contribution in [1.29, 1.82) is 0 Å². The first kappa shape index (κ1) is 16.4. The summed E-state index contributed by atoms with van der Waals surface area (Å²) < 4.78 is 14.0. The van der Waals surface area contributed by atoms with Gasteiger partial charge in [-0.1, -0.05) is 12.1 Å². The number of hydrogen-bond acceptors (Lipinski definition) is 3. The summed E-state index contributed by atoms with van der Waals surface area (Å²) in [7, 11) is 0. The Morgan fingerprint density at radius 2 is 1.96 bits per heavy atom. The molecule has 3 atom stereocenters. The van der Waals surface area contributed by atoms with Crippen molar-refractivity contribution in [3.05, 3.63) is 30.1 Å². The van der Waals surface area contributed by atoms with Crippen molar-refractivity contribution in [2.75, 3.05) is 24.5 Å². The van der Waals surface area contributed by atoms with Crippen LogP contribution in [-0.4, -0.2) is 47.7 Å². The van der Waals surface area contributed by atoms with Crippen LogP contribution in [0.3, 0.4) is 0 Å². The summed E-state index contributed by atoms with van der Waals surface area (Å²) in [5.41, 5.74) is 0.381. The average molecular weight is 320 g/mol. The molecule has 5 heteroatoms. The van der Waals surface area contributed by atoms with Gasteiger partial charge < -0.3 is 10.0 Å². The largest absolute Gasteiger partial charge is 0.393 e. The van der Waals surface area contributed by atoms with Crippen LogP contribution in [0.15, 0.2) is 24.3 Å². The van der Waals surface area contributed by atoms with E-state index in [9.17, 15) is 14.3 Å². The Labute approximate surface area is 136 Å². The molecule has 0 aromatic heterocycles. The summed E-state index contributed by atoms with van der Waals surface area (Å²) in [6, 6.07) is 6.29. The first-order valence-electron chi connectivity index (χ1n) is 8.56. The van der Waals surface area contributed by atoms with Gasteiger partial charge in [0.05, 0.1) is 17.8 Å². The van der Waals surface area contributed by atoms with Gasteiger partial charge in [-0.15, -0.1) is 0 Å². The molecular weight excluding hydrogens is 295 g/mol. The van der Waals surface area contributed by atoms with Gasteiger partial charge in [0.1, 0.15) is 5.82 Å². The summed E-state index contributed by atoms with van der Waals surface area (Å²) in [5.74, 6) is -0.130. The van der Waals surface area contributed by atoms with Gasteiger partial charge in [0.25, 0.3) is 0 Å². The summed E-state index contributed by atoms with van der Waals surface area (Å²) in [4.78, 5) is 16.7. The number of amides is 1. The highest BCUT2D eigenvalue weighted by atomic mass is 19.1. The molecule has 0 radical (unpaired) electrons. The fourth-order valence-corrected chi connectivity index (χ4v) is 3.82. The highest BCUT2D eigenvalue weighted by Crippen LogP contribution is 2.29. The molecule has 1 N–H and O–H groups in total. The van der Waals surface area contributed by atoms with Gasteiger partial charge in [-0.25, -0.2) is 4.39 Å². The lowest BCUT2D eigenvalue weighted by atomic mass is 9.90. The number of carbonyl (C=O) groups is 1. The maximum absolute atomic E-state index is 14.0. The van der Waals surface area contributed by atoms with Crippen molar-refractivity contribution >= 4 is 11.6 Å². The van der Waals surface area contributed by atoms with E-state index >= 15 is 0 Å². The highest BCUT2D eigenvalue weighted by Gasteiger charge is 2.37. The SMILES string of the molecule is CC(O)C1CCCN(C2CCCN(c3ccccc3F)C2=O)C1. The lowest BCUT2D eigenvalue weighted by Gasteiger charge is -2.42. The molecule has 2 saturated heterocycles. The van der Waals surface area contributed by atoms with E-state index in [1.165, 1.54) is 6.07 Å². The van der Waals surface area contributed by atoms with Gasteiger partial charge in [0, 0.05) is 13.1 Å². The Morgan fingerprint density at radius 3 is 2.70 bits per heavy atom. The number of para-hydroxylation sites is 1. The maximum atomic E-state index is 14.0. The van der Waals surface area contributed by atoms with Crippen molar-refractivity contribution in [2.24, 2.45) is 5.92 Å². The van der Waals surface area contributed by atoms with E-state index in [4.69, 9.17) is 0 Å². The molecule has 1 amide bonds. The number of benzene rings is 1. The quantitative estimate of drug-likeness (QED) is 0.930. The van der Waals surface area contributed by atoms with E-state index < -0.39 is 0 Å². The Hall–Kier alpha value is -1.46. The van der Waals surface area contributed by atoms with Crippen molar-refractivity contribution in [3.63, 3.8) is 0 Å². The van der Waals surface area contributed by atoms with Crippen LogP contribution in [0.25, 0.3) is 0 Å². The molecule has 3 rings (SSSR count). The zero-order valence-corrected chi connectivity index (χ0v) is 13.6. The summed E-state index contributed by atoms with van der Waals surface area (Å²) >= 11 is 0. The molecule has 0 bridgehead atoms. The van der Waals surface area contributed by atoms with Gasteiger partial charge in [0.15, 0.2) is 0 Å². The summed E-state index contributed by atoms with van der Waals surface area (Å²) in [5, 5.41) is 9.85. The molecule has 3 unspecified atom stereocenters. The fraction of sp³-hybridized carbons (Fsp3) is 0.611. The van der Waals surface area contributed by atoms with Crippen LogP contribution in [0, 0.1) is 11.7 Å². The number of carbonyl (C=O) groups excluding carboxylic acids is 1. The summed E-state index contributed by atoms with van der Waals surface area (Å²) in [6.07, 6.45) is 3.35. The number of hydrogen-bond donors (Lipinski definition) is 1. The molecule has 2 heterocycles. The normalized spacial score (nSPS) is 28.0. The zero-order chi connectivity index (χ0) is 16.4. The highest BCUT2D eigenvalue weighted by molar-refractivity contribution is 5.98. The molecule has 2 aliphatic heterocycles. The number of piperidine rings is 2. The number of likely N-dealkylation sites (tertiary alicyclic amines) is 1. The molecule has 4 nitrogen and oxygen atoms in total. The Bertz CT molecular complexity index is 564. The average Bonchev–Trinajstić information content (AvgIpc) is 2.56. The third-order valence-electron chi connectivity index (χ3n) is 5.17. The predicted molar refractivity (Wildman–Crippen MR) is 87.8 cm³/mol. The lowest BCUT2D eigenvalue weighted by molar-refractivity contribution is -0.126. The van der Waals surface area contributed by atoms with Gasteiger partial charge in [-0.3, -0.25) is 9.69 Å². The Balaban J connectivity index is 1.76. The van der Waals surface area contributed by atoms with Crippen LogP contribution < -0.4 is 4.90 Å². The van der Waals surface area contributed by atoms with E-state index in [-0.39, 0.29) is 29.8 Å². The van der Waals surface area contributed by atoms with Gasteiger partial charge >= 0.3 is 0 Å². The van der Waals surface area contributed by atoms with Crippen molar-refractivity contribution in [3.8, 4) is 0 Å². The lowest BCUT2D eigenvalue weighted by Crippen LogP contribution is -2.55. The molecule has 0 saturated carbocycles. The molecular formula is C18H25FN2O2. The maximum Gasteiger partial charge on any atom is 0.244 e.